The summed E-state index contributed by atoms with van der Waals surface area (Å²) in [5.41, 5.74) is 5.91. The Labute approximate surface area is 164 Å². The molecule has 0 bridgehead atoms. The van der Waals surface area contributed by atoms with Crippen LogP contribution < -0.4 is 4.74 Å². The number of carbonyl (C=O) groups is 1. The molecule has 1 saturated heterocycles. The highest BCUT2D eigenvalue weighted by Gasteiger charge is 2.42. The fourth-order valence-electron chi connectivity index (χ4n) is 4.42. The number of rotatable bonds is 3. The Bertz CT molecular complexity index is 878. The second-order valence-electron chi connectivity index (χ2n) is 7.68. The van der Waals surface area contributed by atoms with Crippen molar-refractivity contribution in [3.05, 3.63) is 57.4 Å². The lowest BCUT2D eigenvalue weighted by Crippen LogP contribution is -2.39. The lowest BCUT2D eigenvalue weighted by molar-refractivity contribution is -0.145. The van der Waals surface area contributed by atoms with E-state index in [1.54, 1.807) is 12.3 Å². The van der Waals surface area contributed by atoms with Gasteiger partial charge in [-0.1, -0.05) is 24.6 Å². The largest absolute Gasteiger partial charge is 0.489 e. The number of ketones is 1. The average molecular weight is 386 g/mol. The predicted octanol–water partition coefficient (Wildman–Crippen LogP) is 4.77. The normalized spacial score (nSPS) is 24.3. The summed E-state index contributed by atoms with van der Waals surface area (Å²) in [7, 11) is 0. The number of Topliss-reactive ketones (excluding diaryl/α,β-unsaturated/α-hetero) is 1. The Morgan fingerprint density at radius 3 is 2.89 bits per heavy atom. The quantitative estimate of drug-likeness (QED) is 0.714. The van der Waals surface area contributed by atoms with Gasteiger partial charge in [0.05, 0.1) is 6.10 Å². The summed E-state index contributed by atoms with van der Waals surface area (Å²) in [6, 6.07) is 5.81. The lowest BCUT2D eigenvalue weighted by Gasteiger charge is -2.41. The predicted molar refractivity (Wildman–Crippen MR) is 104 cm³/mol. The highest BCUT2D eigenvalue weighted by molar-refractivity contribution is 6.29. The van der Waals surface area contributed by atoms with Gasteiger partial charge in [0, 0.05) is 17.7 Å². The van der Waals surface area contributed by atoms with Crippen LogP contribution in [0.2, 0.25) is 5.15 Å². The van der Waals surface area contributed by atoms with Crippen LogP contribution in [0.15, 0.2) is 24.4 Å². The first kappa shape index (κ1) is 18.5. The maximum atomic E-state index is 12.1. The molecule has 4 nitrogen and oxygen atoms in total. The van der Waals surface area contributed by atoms with Crippen molar-refractivity contribution in [2.24, 2.45) is 11.8 Å². The Morgan fingerprint density at radius 1 is 1.33 bits per heavy atom. The first-order valence-electron chi connectivity index (χ1n) is 9.46. The molecule has 2 aliphatic rings. The number of ether oxygens (including phenoxy) is 2. The minimum absolute atomic E-state index is 0.0131. The molecule has 4 rings (SSSR count). The second-order valence-corrected chi connectivity index (χ2v) is 8.06. The van der Waals surface area contributed by atoms with Gasteiger partial charge in [-0.05, 0) is 67.0 Å². The molecule has 142 valence electrons. The van der Waals surface area contributed by atoms with Crippen LogP contribution >= 0.6 is 11.6 Å². The van der Waals surface area contributed by atoms with E-state index in [2.05, 4.69) is 24.9 Å². The highest BCUT2D eigenvalue weighted by atomic mass is 35.5. The molecule has 2 unspecified atom stereocenters. The molecule has 2 aromatic rings. The van der Waals surface area contributed by atoms with E-state index in [9.17, 15) is 4.79 Å². The zero-order chi connectivity index (χ0) is 19.1. The van der Waals surface area contributed by atoms with E-state index in [4.69, 9.17) is 21.1 Å². The fraction of sp³-hybridized carbons (Fsp3) is 0.455. The third-order valence-electron chi connectivity index (χ3n) is 6.06. The van der Waals surface area contributed by atoms with Crippen molar-refractivity contribution >= 4 is 17.4 Å². The van der Waals surface area contributed by atoms with Gasteiger partial charge in [0.15, 0.2) is 5.78 Å². The number of hydrogen-bond donors (Lipinski definition) is 0. The Morgan fingerprint density at radius 2 is 2.15 bits per heavy atom. The van der Waals surface area contributed by atoms with Gasteiger partial charge < -0.3 is 9.47 Å². The smallest absolute Gasteiger partial charge is 0.161 e. The SMILES string of the molecule is Cc1cc(OCc2ccc(Cl)nc2)c(C)c2c1CC[C@H]1C(C)C(=O)COC21. The van der Waals surface area contributed by atoms with Crippen LogP contribution in [0.25, 0.3) is 0 Å². The molecular formula is C22H24ClNO3. The molecule has 1 aromatic carbocycles. The van der Waals surface area contributed by atoms with E-state index in [0.717, 1.165) is 29.7 Å². The van der Waals surface area contributed by atoms with Gasteiger partial charge in [0.25, 0.3) is 0 Å². The molecule has 1 aliphatic carbocycles. The van der Waals surface area contributed by atoms with Crippen molar-refractivity contribution in [1.82, 2.24) is 4.98 Å². The van der Waals surface area contributed by atoms with Crippen LogP contribution in [0.4, 0.5) is 0 Å². The molecule has 5 heteroatoms. The summed E-state index contributed by atoms with van der Waals surface area (Å²) in [6.45, 7) is 6.92. The molecule has 2 heterocycles. The molecule has 0 N–H and O–H groups in total. The summed E-state index contributed by atoms with van der Waals surface area (Å²) >= 11 is 5.85. The molecule has 0 radical (unpaired) electrons. The van der Waals surface area contributed by atoms with Gasteiger partial charge >= 0.3 is 0 Å². The van der Waals surface area contributed by atoms with E-state index in [1.807, 2.05) is 13.0 Å². The third kappa shape index (κ3) is 3.37. The van der Waals surface area contributed by atoms with Crippen LogP contribution in [0.1, 0.15) is 47.3 Å². The molecule has 0 spiro atoms. The summed E-state index contributed by atoms with van der Waals surface area (Å²) in [6.07, 6.45) is 3.71. The number of hydrogen-bond acceptors (Lipinski definition) is 4. The van der Waals surface area contributed by atoms with E-state index < -0.39 is 0 Å². The van der Waals surface area contributed by atoms with Crippen molar-refractivity contribution in [3.8, 4) is 5.75 Å². The van der Waals surface area contributed by atoms with Gasteiger partial charge in [0.1, 0.15) is 24.1 Å². The van der Waals surface area contributed by atoms with E-state index >= 15 is 0 Å². The molecule has 1 fully saturated rings. The zero-order valence-electron chi connectivity index (χ0n) is 15.9. The minimum atomic E-state index is -0.0131. The van der Waals surface area contributed by atoms with Gasteiger partial charge in [-0.3, -0.25) is 4.79 Å². The highest BCUT2D eigenvalue weighted by Crippen LogP contribution is 2.47. The molecule has 27 heavy (non-hydrogen) atoms. The van der Waals surface area contributed by atoms with E-state index in [0.29, 0.717) is 11.8 Å². The van der Waals surface area contributed by atoms with Crippen molar-refractivity contribution < 1.29 is 14.3 Å². The summed E-state index contributed by atoms with van der Waals surface area (Å²) in [4.78, 5) is 16.2. The summed E-state index contributed by atoms with van der Waals surface area (Å²) < 4.78 is 12.2. The van der Waals surface area contributed by atoms with Gasteiger partial charge in [-0.25, -0.2) is 4.98 Å². The van der Waals surface area contributed by atoms with Gasteiger partial charge in [-0.2, -0.15) is 0 Å². The number of aryl methyl sites for hydroxylation is 1. The first-order valence-corrected chi connectivity index (χ1v) is 9.84. The minimum Gasteiger partial charge on any atom is -0.489 e. The van der Waals surface area contributed by atoms with Crippen molar-refractivity contribution in [2.45, 2.75) is 46.3 Å². The molecule has 0 amide bonds. The number of benzene rings is 1. The van der Waals surface area contributed by atoms with Crippen LogP contribution in [-0.2, 0) is 22.6 Å². The van der Waals surface area contributed by atoms with Gasteiger partial charge in [0.2, 0.25) is 0 Å². The Balaban J connectivity index is 1.65. The number of pyridine rings is 1. The number of fused-ring (bicyclic) bond motifs is 3. The first-order chi connectivity index (χ1) is 13.0. The van der Waals surface area contributed by atoms with Crippen LogP contribution in [-0.4, -0.2) is 17.4 Å². The number of aromatic nitrogens is 1. The Hall–Kier alpha value is -1.91. The molecule has 3 atom stereocenters. The topological polar surface area (TPSA) is 48.4 Å². The van der Waals surface area contributed by atoms with Crippen molar-refractivity contribution in [1.29, 1.82) is 0 Å². The number of carbonyl (C=O) groups excluding carboxylic acids is 1. The standard InChI is InChI=1S/C22H24ClNO3/c1-12-8-19(26-10-15-4-7-20(23)24-9-15)14(3)21-16(12)5-6-17-13(2)18(25)11-27-22(17)21/h4,7-9,13,17,22H,5-6,10-11H2,1-3H3/t13?,17-,22?/m0/s1. The lowest BCUT2D eigenvalue weighted by atomic mass is 9.70. The van der Waals surface area contributed by atoms with Crippen LogP contribution in [0, 0.1) is 25.7 Å². The number of halogens is 1. The Kier molecular flexibility index (Phi) is 4.95. The zero-order valence-corrected chi connectivity index (χ0v) is 16.7. The third-order valence-corrected chi connectivity index (χ3v) is 6.29. The van der Waals surface area contributed by atoms with Crippen molar-refractivity contribution in [2.75, 3.05) is 6.61 Å². The maximum Gasteiger partial charge on any atom is 0.161 e. The maximum absolute atomic E-state index is 12.1. The molecule has 0 saturated carbocycles. The summed E-state index contributed by atoms with van der Waals surface area (Å²) in [5, 5.41) is 0.476. The number of nitrogens with zero attached hydrogens (tertiary/aromatic N) is 1. The van der Waals surface area contributed by atoms with E-state index in [-0.39, 0.29) is 30.3 Å². The molecular weight excluding hydrogens is 362 g/mol. The van der Waals surface area contributed by atoms with Gasteiger partial charge in [-0.15, -0.1) is 0 Å². The summed E-state index contributed by atoms with van der Waals surface area (Å²) in [5.74, 6) is 1.40. The monoisotopic (exact) mass is 385 g/mol. The van der Waals surface area contributed by atoms with Crippen LogP contribution in [0.3, 0.4) is 0 Å². The van der Waals surface area contributed by atoms with Crippen LogP contribution in [0.5, 0.6) is 5.75 Å². The fourth-order valence-corrected chi connectivity index (χ4v) is 4.53. The van der Waals surface area contributed by atoms with E-state index in [1.165, 1.54) is 16.7 Å². The second kappa shape index (κ2) is 7.25. The average Bonchev–Trinajstić information content (AvgIpc) is 2.67. The molecule has 1 aliphatic heterocycles. The van der Waals surface area contributed by atoms with Crippen molar-refractivity contribution in [3.63, 3.8) is 0 Å². The molecule has 1 aromatic heterocycles.